The maximum Gasteiger partial charge on any atom is 0.123 e. The molecule has 2 atom stereocenters. The van der Waals surface area contributed by atoms with Crippen LogP contribution in [0.15, 0.2) is 18.3 Å². The van der Waals surface area contributed by atoms with Crippen molar-refractivity contribution in [2.24, 2.45) is 13.0 Å². The van der Waals surface area contributed by atoms with E-state index in [1.54, 1.807) is 0 Å². The van der Waals surface area contributed by atoms with Crippen molar-refractivity contribution in [1.29, 1.82) is 0 Å². The zero-order chi connectivity index (χ0) is 9.26. The first-order chi connectivity index (χ1) is 6.33. The molecular weight excluding hydrogens is 162 g/mol. The van der Waals surface area contributed by atoms with Gasteiger partial charge in [0.1, 0.15) is 6.29 Å². The summed E-state index contributed by atoms with van der Waals surface area (Å²) < 4.78 is 2.13. The molecule has 2 heteroatoms. The summed E-state index contributed by atoms with van der Waals surface area (Å²) in [5, 5.41) is 0. The zero-order valence-electron chi connectivity index (χ0n) is 7.94. The molecule has 70 valence electrons. The van der Waals surface area contributed by atoms with Gasteiger partial charge < -0.3 is 9.36 Å². The zero-order valence-corrected chi connectivity index (χ0v) is 7.94. The van der Waals surface area contributed by atoms with E-state index in [2.05, 4.69) is 29.9 Å². The maximum atomic E-state index is 10.8. The Hall–Kier alpha value is -1.05. The van der Waals surface area contributed by atoms with Crippen LogP contribution >= 0.6 is 0 Å². The molecule has 0 aliphatic heterocycles. The molecule has 0 saturated heterocycles. The molecule has 1 heterocycles. The largest absolute Gasteiger partial charge is 0.354 e. The van der Waals surface area contributed by atoms with E-state index in [-0.39, 0.29) is 5.92 Å². The third-order valence-electron chi connectivity index (χ3n) is 3.11. The van der Waals surface area contributed by atoms with Gasteiger partial charge in [0.25, 0.3) is 0 Å². The Morgan fingerprint density at radius 1 is 1.54 bits per heavy atom. The molecule has 0 radical (unpaired) electrons. The van der Waals surface area contributed by atoms with E-state index >= 15 is 0 Å². The molecule has 2 nitrogen and oxygen atoms in total. The molecule has 0 unspecified atom stereocenters. The van der Waals surface area contributed by atoms with Crippen LogP contribution in [0.25, 0.3) is 0 Å². The summed E-state index contributed by atoms with van der Waals surface area (Å²) in [5.41, 5.74) is 1.31. The number of rotatable bonds is 2. The van der Waals surface area contributed by atoms with Crippen LogP contribution in [0.5, 0.6) is 0 Å². The summed E-state index contributed by atoms with van der Waals surface area (Å²) in [6.45, 7) is 0. The minimum atomic E-state index is 0.258. The van der Waals surface area contributed by atoms with E-state index in [0.717, 1.165) is 12.7 Å². The molecule has 1 saturated carbocycles. The van der Waals surface area contributed by atoms with E-state index in [4.69, 9.17) is 0 Å². The highest BCUT2D eigenvalue weighted by molar-refractivity contribution is 5.56. The molecule has 1 aliphatic rings. The molecule has 0 N–H and O–H groups in total. The van der Waals surface area contributed by atoms with Crippen molar-refractivity contribution in [3.63, 3.8) is 0 Å². The van der Waals surface area contributed by atoms with E-state index in [1.165, 1.54) is 18.5 Å². The van der Waals surface area contributed by atoms with Crippen LogP contribution in [-0.2, 0) is 11.8 Å². The number of hydrogen-bond donors (Lipinski definition) is 0. The highest BCUT2D eigenvalue weighted by atomic mass is 16.1. The van der Waals surface area contributed by atoms with Gasteiger partial charge >= 0.3 is 0 Å². The second kappa shape index (κ2) is 3.36. The second-order valence-electron chi connectivity index (χ2n) is 3.88. The lowest BCUT2D eigenvalue weighted by atomic mass is 9.94. The number of carbonyl (C=O) groups is 1. The Bertz CT molecular complexity index is 303. The molecule has 0 amide bonds. The van der Waals surface area contributed by atoms with Crippen molar-refractivity contribution >= 4 is 6.29 Å². The first kappa shape index (κ1) is 8.54. The topological polar surface area (TPSA) is 22.0 Å². The molecule has 0 aromatic carbocycles. The van der Waals surface area contributed by atoms with E-state index < -0.39 is 0 Å². The smallest absolute Gasteiger partial charge is 0.123 e. The molecule has 1 fully saturated rings. The monoisotopic (exact) mass is 177 g/mol. The SMILES string of the molecule is Cn1cccc1[C@@H]1CCC[C@@H]1C=O. The number of aryl methyl sites for hydroxylation is 1. The summed E-state index contributed by atoms with van der Waals surface area (Å²) in [6.07, 6.45) is 6.61. The Balaban J connectivity index is 2.25. The summed E-state index contributed by atoms with van der Waals surface area (Å²) in [6, 6.07) is 4.18. The summed E-state index contributed by atoms with van der Waals surface area (Å²) in [5.74, 6) is 0.728. The Labute approximate surface area is 78.6 Å². The van der Waals surface area contributed by atoms with Gasteiger partial charge in [-0.25, -0.2) is 0 Å². The normalized spacial score (nSPS) is 27.8. The highest BCUT2D eigenvalue weighted by Crippen LogP contribution is 2.38. The minimum Gasteiger partial charge on any atom is -0.354 e. The molecule has 13 heavy (non-hydrogen) atoms. The number of hydrogen-bond acceptors (Lipinski definition) is 1. The first-order valence-corrected chi connectivity index (χ1v) is 4.89. The van der Waals surface area contributed by atoms with Gasteiger partial charge in [0, 0.05) is 30.8 Å². The van der Waals surface area contributed by atoms with Crippen LogP contribution in [0, 0.1) is 5.92 Å². The Morgan fingerprint density at radius 2 is 2.38 bits per heavy atom. The average molecular weight is 177 g/mol. The van der Waals surface area contributed by atoms with Gasteiger partial charge in [0.2, 0.25) is 0 Å². The second-order valence-corrected chi connectivity index (χ2v) is 3.88. The van der Waals surface area contributed by atoms with Gasteiger partial charge in [-0.2, -0.15) is 0 Å². The lowest BCUT2D eigenvalue weighted by Crippen LogP contribution is -2.10. The van der Waals surface area contributed by atoms with Crippen molar-refractivity contribution in [3.05, 3.63) is 24.0 Å². The summed E-state index contributed by atoms with van der Waals surface area (Å²) in [4.78, 5) is 10.8. The Morgan fingerprint density at radius 3 is 3.00 bits per heavy atom. The van der Waals surface area contributed by atoms with Gasteiger partial charge in [0.05, 0.1) is 0 Å². The van der Waals surface area contributed by atoms with Crippen LogP contribution in [-0.4, -0.2) is 10.9 Å². The molecule has 1 aromatic heterocycles. The van der Waals surface area contributed by atoms with Gasteiger partial charge in [-0.3, -0.25) is 0 Å². The van der Waals surface area contributed by atoms with E-state index in [9.17, 15) is 4.79 Å². The van der Waals surface area contributed by atoms with Crippen molar-refractivity contribution in [2.75, 3.05) is 0 Å². The number of aromatic nitrogens is 1. The quantitative estimate of drug-likeness (QED) is 0.634. The standard InChI is InChI=1S/C11H15NO/c1-12-7-3-6-11(12)10-5-2-4-9(10)8-13/h3,6-10H,2,4-5H2,1H3/t9-,10-/m1/s1. The van der Waals surface area contributed by atoms with Gasteiger partial charge in [-0.15, -0.1) is 0 Å². The molecular formula is C11H15NO. The van der Waals surface area contributed by atoms with Crippen LogP contribution in [0.2, 0.25) is 0 Å². The maximum absolute atomic E-state index is 10.8. The fraction of sp³-hybridized carbons (Fsp3) is 0.545. The van der Waals surface area contributed by atoms with Crippen LogP contribution in [0.1, 0.15) is 30.9 Å². The van der Waals surface area contributed by atoms with Crippen molar-refractivity contribution in [1.82, 2.24) is 4.57 Å². The van der Waals surface area contributed by atoms with Crippen molar-refractivity contribution < 1.29 is 4.79 Å². The molecule has 0 bridgehead atoms. The minimum absolute atomic E-state index is 0.258. The summed E-state index contributed by atoms with van der Waals surface area (Å²) >= 11 is 0. The van der Waals surface area contributed by atoms with Crippen LogP contribution in [0.3, 0.4) is 0 Å². The van der Waals surface area contributed by atoms with Crippen LogP contribution < -0.4 is 0 Å². The predicted molar refractivity (Wildman–Crippen MR) is 51.6 cm³/mol. The fourth-order valence-electron chi connectivity index (χ4n) is 2.38. The van der Waals surface area contributed by atoms with Gasteiger partial charge in [-0.1, -0.05) is 6.42 Å². The lowest BCUT2D eigenvalue weighted by molar-refractivity contribution is -0.111. The predicted octanol–water partition coefficient (Wildman–Crippen LogP) is 2.11. The van der Waals surface area contributed by atoms with Crippen molar-refractivity contribution in [3.8, 4) is 0 Å². The third-order valence-corrected chi connectivity index (χ3v) is 3.11. The molecule has 1 aliphatic carbocycles. The Kier molecular flexibility index (Phi) is 2.21. The first-order valence-electron chi connectivity index (χ1n) is 4.89. The average Bonchev–Trinajstić information content (AvgIpc) is 2.71. The lowest BCUT2D eigenvalue weighted by Gasteiger charge is -2.15. The van der Waals surface area contributed by atoms with Gasteiger partial charge in [0.15, 0.2) is 0 Å². The van der Waals surface area contributed by atoms with Crippen molar-refractivity contribution in [2.45, 2.75) is 25.2 Å². The fourth-order valence-corrected chi connectivity index (χ4v) is 2.38. The number of carbonyl (C=O) groups excluding carboxylic acids is 1. The highest BCUT2D eigenvalue weighted by Gasteiger charge is 2.29. The number of aldehydes is 1. The third kappa shape index (κ3) is 1.41. The molecule has 0 spiro atoms. The van der Waals surface area contributed by atoms with E-state index in [1.807, 2.05) is 0 Å². The van der Waals surface area contributed by atoms with Crippen LogP contribution in [0.4, 0.5) is 0 Å². The number of nitrogens with zero attached hydrogens (tertiary/aromatic N) is 1. The van der Waals surface area contributed by atoms with Gasteiger partial charge in [-0.05, 0) is 25.0 Å². The van der Waals surface area contributed by atoms with E-state index in [0.29, 0.717) is 5.92 Å². The summed E-state index contributed by atoms with van der Waals surface area (Å²) in [7, 11) is 2.05. The molecule has 2 rings (SSSR count). The molecule has 1 aromatic rings.